The number of ether oxygens (including phenoxy) is 2. The van der Waals surface area contributed by atoms with Crippen LogP contribution in [0.1, 0.15) is 57.7 Å². The number of nitriles is 2. The molecule has 256 valence electrons. The van der Waals surface area contributed by atoms with Crippen LogP contribution in [0.4, 0.5) is 8.78 Å². The highest BCUT2D eigenvalue weighted by molar-refractivity contribution is 6.33. The van der Waals surface area contributed by atoms with Crippen molar-refractivity contribution in [2.45, 2.75) is 39.8 Å². The summed E-state index contributed by atoms with van der Waals surface area (Å²) in [4.78, 5) is 18.5. The van der Waals surface area contributed by atoms with Gasteiger partial charge in [0, 0.05) is 24.2 Å². The summed E-state index contributed by atoms with van der Waals surface area (Å²) in [7, 11) is 0. The molecule has 0 saturated heterocycles. The Balaban J connectivity index is 0.000000237. The summed E-state index contributed by atoms with van der Waals surface area (Å²) in [5, 5.41) is 21.0. The van der Waals surface area contributed by atoms with Crippen LogP contribution in [0.15, 0.2) is 67.0 Å². The molecule has 0 radical (unpaired) electrons. The highest BCUT2D eigenvalue weighted by Gasteiger charge is 2.19. The molecule has 4 N–H and O–H groups in total. The second-order valence-corrected chi connectivity index (χ2v) is 11.7. The first kappa shape index (κ1) is 37.6. The van der Waals surface area contributed by atoms with Gasteiger partial charge in [0.25, 0.3) is 5.91 Å². The number of nitrogens with two attached hydrogens (primary N) is 1. The minimum absolute atomic E-state index is 0.0120. The van der Waals surface area contributed by atoms with Gasteiger partial charge >= 0.3 is 0 Å². The molecular formula is C36H29Cl3F2N6O3. The molecule has 1 aromatic heterocycles. The predicted octanol–water partition coefficient (Wildman–Crippen LogP) is 9.18. The van der Waals surface area contributed by atoms with Crippen LogP contribution in [-0.4, -0.2) is 15.9 Å². The quantitative estimate of drug-likeness (QED) is 0.129. The monoisotopic (exact) mass is 736 g/mol. The minimum Gasteiger partial charge on any atom is -0.453 e. The lowest BCUT2D eigenvalue weighted by atomic mass is 10.1. The van der Waals surface area contributed by atoms with E-state index in [0.29, 0.717) is 34.6 Å². The van der Waals surface area contributed by atoms with Crippen molar-refractivity contribution >= 4 is 40.7 Å². The number of hydrogen-bond donors (Lipinski definition) is 3. The molecular weight excluding hydrogens is 709 g/mol. The Morgan fingerprint density at radius 2 is 1.34 bits per heavy atom. The summed E-state index contributed by atoms with van der Waals surface area (Å²) in [6.45, 7) is 3.82. The van der Waals surface area contributed by atoms with Crippen LogP contribution in [0.2, 0.25) is 15.2 Å². The van der Waals surface area contributed by atoms with Gasteiger partial charge < -0.3 is 25.5 Å². The van der Waals surface area contributed by atoms with Crippen LogP contribution >= 0.6 is 34.8 Å². The van der Waals surface area contributed by atoms with E-state index in [2.05, 4.69) is 21.4 Å². The lowest BCUT2D eigenvalue weighted by Crippen LogP contribution is -2.24. The van der Waals surface area contributed by atoms with E-state index in [1.54, 1.807) is 30.3 Å². The van der Waals surface area contributed by atoms with E-state index >= 15 is 0 Å². The van der Waals surface area contributed by atoms with Crippen molar-refractivity contribution in [1.29, 1.82) is 10.5 Å². The first-order chi connectivity index (χ1) is 24.0. The Bertz CT molecular complexity index is 2110. The van der Waals surface area contributed by atoms with Gasteiger partial charge in [-0.25, -0.2) is 13.8 Å². The van der Waals surface area contributed by atoms with Gasteiger partial charge in [-0.05, 0) is 72.5 Å². The number of H-pyrrole nitrogens is 1. The van der Waals surface area contributed by atoms with Crippen LogP contribution in [-0.2, 0) is 25.9 Å². The van der Waals surface area contributed by atoms with E-state index in [4.69, 9.17) is 60.5 Å². The molecule has 0 unspecified atom stereocenters. The Hall–Kier alpha value is -5.17. The van der Waals surface area contributed by atoms with Crippen molar-refractivity contribution in [3.8, 4) is 35.1 Å². The van der Waals surface area contributed by atoms with Crippen LogP contribution in [0, 0.1) is 34.3 Å². The van der Waals surface area contributed by atoms with Gasteiger partial charge in [-0.2, -0.15) is 10.5 Å². The second kappa shape index (κ2) is 17.5. The smallest absolute Gasteiger partial charge is 0.273 e. The van der Waals surface area contributed by atoms with Crippen LogP contribution in [0.25, 0.3) is 0 Å². The van der Waals surface area contributed by atoms with E-state index in [9.17, 15) is 13.6 Å². The molecule has 5 rings (SSSR count). The molecule has 0 bridgehead atoms. The van der Waals surface area contributed by atoms with Crippen molar-refractivity contribution in [1.82, 2.24) is 15.3 Å². The fourth-order valence-electron chi connectivity index (χ4n) is 4.54. The summed E-state index contributed by atoms with van der Waals surface area (Å²) >= 11 is 17.9. The van der Waals surface area contributed by atoms with Gasteiger partial charge in [0.2, 0.25) is 0 Å². The number of amides is 1. The summed E-state index contributed by atoms with van der Waals surface area (Å²) in [6.07, 6.45) is 2.71. The molecule has 1 heterocycles. The standard InChI is InChI=1S/C20H15Cl2FN4O2.C16H14ClFN2O/c1-2-11-5-12(8-24)7-14(6-11)29-18-15(21)4-3-13(16(18)23)9-25-20(28)17-19(22)27-10-26-17;1-2-10-5-11(8-19)7-13(6-10)21-16-14(17)4-3-12(9-20)15(16)18/h3-7,10H,2,9H2,1H3,(H,25,28)(H,26,27);3-7H,2,9,20H2,1H3. The van der Waals surface area contributed by atoms with Gasteiger partial charge in [0.05, 0.1) is 39.6 Å². The number of carbonyl (C=O) groups is 1. The molecule has 0 spiro atoms. The number of rotatable bonds is 10. The summed E-state index contributed by atoms with van der Waals surface area (Å²) in [5.74, 6) is -1.43. The zero-order valence-electron chi connectivity index (χ0n) is 26.7. The molecule has 0 aliphatic rings. The van der Waals surface area contributed by atoms with Crippen molar-refractivity contribution in [3.05, 3.63) is 133 Å². The second-order valence-electron chi connectivity index (χ2n) is 10.5. The number of nitrogens with one attached hydrogen (secondary N) is 2. The molecule has 0 saturated carbocycles. The molecule has 5 aromatic rings. The predicted molar refractivity (Wildman–Crippen MR) is 187 cm³/mol. The van der Waals surface area contributed by atoms with E-state index in [0.717, 1.165) is 17.5 Å². The Labute approximate surface area is 302 Å². The van der Waals surface area contributed by atoms with Crippen LogP contribution in [0.5, 0.6) is 23.0 Å². The van der Waals surface area contributed by atoms with E-state index in [1.807, 2.05) is 19.9 Å². The van der Waals surface area contributed by atoms with Crippen molar-refractivity contribution in [2.24, 2.45) is 5.73 Å². The molecule has 1 amide bonds. The fourth-order valence-corrected chi connectivity index (χ4v) is 5.09. The third-order valence-electron chi connectivity index (χ3n) is 7.17. The molecule has 4 aromatic carbocycles. The summed E-state index contributed by atoms with van der Waals surface area (Å²) in [6, 6.07) is 20.1. The van der Waals surface area contributed by atoms with Crippen molar-refractivity contribution in [2.75, 3.05) is 0 Å². The number of hydrogen-bond acceptors (Lipinski definition) is 7. The maximum atomic E-state index is 15.0. The van der Waals surface area contributed by atoms with E-state index < -0.39 is 17.5 Å². The summed E-state index contributed by atoms with van der Waals surface area (Å²) < 4.78 is 40.4. The number of imidazole rings is 1. The van der Waals surface area contributed by atoms with Gasteiger partial charge in [-0.1, -0.05) is 60.8 Å². The first-order valence-corrected chi connectivity index (χ1v) is 16.2. The highest BCUT2D eigenvalue weighted by Crippen LogP contribution is 2.36. The fraction of sp³-hybridized carbons (Fsp3) is 0.167. The Morgan fingerprint density at radius 3 is 1.78 bits per heavy atom. The molecule has 50 heavy (non-hydrogen) atoms. The topological polar surface area (TPSA) is 150 Å². The molecule has 0 atom stereocenters. The zero-order valence-corrected chi connectivity index (χ0v) is 29.0. The SMILES string of the molecule is CCc1cc(C#N)cc(Oc2c(Cl)ccc(CN)c2F)c1.CCc1cc(C#N)cc(Oc2c(Cl)ccc(CNC(=O)c3nc[nH]c3Cl)c2F)c1. The van der Waals surface area contributed by atoms with Gasteiger partial charge in [-0.3, -0.25) is 4.79 Å². The molecule has 0 aliphatic carbocycles. The molecule has 9 nitrogen and oxygen atoms in total. The minimum atomic E-state index is -0.716. The number of aromatic amines is 1. The largest absolute Gasteiger partial charge is 0.453 e. The van der Waals surface area contributed by atoms with Crippen LogP contribution < -0.4 is 20.5 Å². The lowest BCUT2D eigenvalue weighted by Gasteiger charge is -2.13. The maximum absolute atomic E-state index is 15.0. The van der Waals surface area contributed by atoms with Crippen molar-refractivity contribution in [3.63, 3.8) is 0 Å². The number of aryl methyl sites for hydroxylation is 2. The van der Waals surface area contributed by atoms with Gasteiger partial charge in [0.15, 0.2) is 28.8 Å². The van der Waals surface area contributed by atoms with Crippen LogP contribution in [0.3, 0.4) is 0 Å². The van der Waals surface area contributed by atoms with E-state index in [-0.39, 0.29) is 51.0 Å². The number of carbonyl (C=O) groups excluding carboxylic acids is 1. The molecule has 0 aliphatic heterocycles. The third kappa shape index (κ3) is 9.29. The number of aromatic nitrogens is 2. The number of nitrogens with zero attached hydrogens (tertiary/aromatic N) is 3. The number of benzene rings is 4. The first-order valence-electron chi connectivity index (χ1n) is 15.1. The lowest BCUT2D eigenvalue weighted by molar-refractivity contribution is 0.0946. The third-order valence-corrected chi connectivity index (χ3v) is 8.06. The Kier molecular flexibility index (Phi) is 13.2. The van der Waals surface area contributed by atoms with Gasteiger partial charge in [0.1, 0.15) is 16.7 Å². The molecule has 14 heteroatoms. The van der Waals surface area contributed by atoms with Gasteiger partial charge in [-0.15, -0.1) is 0 Å². The van der Waals surface area contributed by atoms with E-state index in [1.165, 1.54) is 36.7 Å². The highest BCUT2D eigenvalue weighted by atomic mass is 35.5. The molecule has 0 fully saturated rings. The van der Waals surface area contributed by atoms with Crippen molar-refractivity contribution < 1.29 is 23.0 Å². The average Bonchev–Trinajstić information content (AvgIpc) is 3.57. The summed E-state index contributed by atoms with van der Waals surface area (Å²) in [5.41, 5.74) is 8.62. The Morgan fingerprint density at radius 1 is 0.840 bits per heavy atom. The average molecular weight is 738 g/mol. The number of halogens is 5. The zero-order chi connectivity index (χ0) is 36.4. The maximum Gasteiger partial charge on any atom is 0.273 e. The normalized spacial score (nSPS) is 10.4.